The zero-order chi connectivity index (χ0) is 34.9. The van der Waals surface area contributed by atoms with Crippen molar-refractivity contribution in [2.75, 3.05) is 6.61 Å². The predicted molar refractivity (Wildman–Crippen MR) is 208 cm³/mol. The molecule has 4 aliphatic carbocycles. The molecule has 0 bridgehead atoms. The Kier molecular flexibility index (Phi) is 11.3. The first-order valence-corrected chi connectivity index (χ1v) is 36.0. The van der Waals surface area contributed by atoms with Gasteiger partial charge in [-0.05, 0) is 179 Å². The van der Waals surface area contributed by atoms with Crippen molar-refractivity contribution in [2.24, 2.45) is 34.5 Å². The summed E-state index contributed by atoms with van der Waals surface area (Å²) in [5.74, 6) is 2.65. The molecule has 4 fully saturated rings. The lowest BCUT2D eigenvalue weighted by molar-refractivity contribution is -0.212. The first-order chi connectivity index (χ1) is 20.6. The normalized spacial score (nSPS) is 39.8. The molecule has 5 nitrogen and oxygen atoms in total. The second-order valence-corrected chi connectivity index (χ2v) is 43.7. The third kappa shape index (κ3) is 8.84. The molecule has 10 atom stereocenters. The molecule has 0 amide bonds. The molecule has 4 saturated carbocycles. The lowest BCUT2D eigenvalue weighted by atomic mass is 9.43. The highest BCUT2D eigenvalue weighted by atomic mass is 28.4. The Morgan fingerprint density at radius 2 is 1.26 bits per heavy atom. The summed E-state index contributed by atoms with van der Waals surface area (Å²) >= 11 is 0. The summed E-state index contributed by atoms with van der Waals surface area (Å²) in [5, 5.41) is 0. The van der Waals surface area contributed by atoms with E-state index in [9.17, 15) is 0 Å². The zero-order valence-electron chi connectivity index (χ0n) is 33.4. The van der Waals surface area contributed by atoms with Crippen molar-refractivity contribution in [2.45, 2.75) is 187 Å². The van der Waals surface area contributed by atoms with Gasteiger partial charge in [0.2, 0.25) is 0 Å². The average molecular weight is 729 g/mol. The van der Waals surface area contributed by atoms with Crippen molar-refractivity contribution in [1.82, 2.24) is 0 Å². The maximum atomic E-state index is 7.70. The van der Waals surface area contributed by atoms with Gasteiger partial charge in [0.1, 0.15) is 0 Å². The maximum Gasteiger partial charge on any atom is 0.184 e. The Labute approximate surface area is 291 Å². The molecule has 0 aromatic heterocycles. The standard InChI is InChI=1S/C36H76O5Si5/c1-34-22-20-28(38-43(6,7)8)24-27(34)18-19-29-30-21-23-36(41-46(15,16)17,32(40-45(12,13)14)26-37-42(3,4)5)35(30,2)25-31(33(29)34)39-44(9,10)11/h27-33H,18-26H2,1-17H3/t27?,28-,29?,30?,31?,32+,33?,34+,35+,36+/m1/s1. The Morgan fingerprint density at radius 3 is 1.78 bits per heavy atom. The van der Waals surface area contributed by atoms with Crippen LogP contribution in [0.3, 0.4) is 0 Å². The molecule has 4 rings (SSSR count). The first kappa shape index (κ1) is 39.7. The van der Waals surface area contributed by atoms with Gasteiger partial charge in [0.15, 0.2) is 41.6 Å². The van der Waals surface area contributed by atoms with Gasteiger partial charge in [-0.3, -0.25) is 0 Å². The lowest BCUT2D eigenvalue weighted by Crippen LogP contribution is -2.68. The molecule has 10 heteroatoms. The summed E-state index contributed by atoms with van der Waals surface area (Å²) in [6.45, 7) is 41.5. The van der Waals surface area contributed by atoms with Gasteiger partial charge in [-0.25, -0.2) is 0 Å². The van der Waals surface area contributed by atoms with Crippen LogP contribution in [0.25, 0.3) is 0 Å². The summed E-state index contributed by atoms with van der Waals surface area (Å²) in [6, 6.07) is 0. The van der Waals surface area contributed by atoms with Gasteiger partial charge in [-0.1, -0.05) is 13.8 Å². The van der Waals surface area contributed by atoms with E-state index in [0.29, 0.717) is 35.9 Å². The highest BCUT2D eigenvalue weighted by Crippen LogP contribution is 2.70. The van der Waals surface area contributed by atoms with Crippen molar-refractivity contribution in [3.63, 3.8) is 0 Å². The molecular formula is C36H76O5Si5. The fraction of sp³-hybridized carbons (Fsp3) is 1.00. The van der Waals surface area contributed by atoms with Crippen LogP contribution in [0.15, 0.2) is 0 Å². The molecular weight excluding hydrogens is 653 g/mol. The minimum atomic E-state index is -1.97. The predicted octanol–water partition coefficient (Wildman–Crippen LogP) is 10.7. The summed E-state index contributed by atoms with van der Waals surface area (Å²) in [7, 11) is -9.03. The van der Waals surface area contributed by atoms with Crippen LogP contribution in [-0.4, -0.2) is 72.1 Å². The monoisotopic (exact) mass is 728 g/mol. The molecule has 0 aliphatic heterocycles. The molecule has 0 N–H and O–H groups in total. The van der Waals surface area contributed by atoms with E-state index in [-0.39, 0.29) is 23.2 Å². The summed E-state index contributed by atoms with van der Waals surface area (Å²) < 4.78 is 36.0. The molecule has 46 heavy (non-hydrogen) atoms. The Morgan fingerprint density at radius 1 is 0.652 bits per heavy atom. The van der Waals surface area contributed by atoms with Crippen LogP contribution < -0.4 is 0 Å². The quantitative estimate of drug-likeness (QED) is 0.187. The van der Waals surface area contributed by atoms with E-state index in [1.807, 2.05) is 0 Å². The summed E-state index contributed by atoms with van der Waals surface area (Å²) in [6.07, 6.45) is 10.5. The number of hydrogen-bond donors (Lipinski definition) is 0. The van der Waals surface area contributed by atoms with Crippen LogP contribution in [0.2, 0.25) is 98.2 Å². The lowest BCUT2D eigenvalue weighted by Gasteiger charge is -2.66. The van der Waals surface area contributed by atoms with Crippen molar-refractivity contribution < 1.29 is 22.1 Å². The van der Waals surface area contributed by atoms with Crippen LogP contribution in [0.4, 0.5) is 0 Å². The average Bonchev–Trinajstić information content (AvgIpc) is 3.09. The fourth-order valence-electron chi connectivity index (χ4n) is 10.8. The first-order valence-electron chi connectivity index (χ1n) is 19.0. The van der Waals surface area contributed by atoms with E-state index in [1.165, 1.54) is 38.5 Å². The van der Waals surface area contributed by atoms with E-state index in [4.69, 9.17) is 22.1 Å². The molecule has 270 valence electrons. The van der Waals surface area contributed by atoms with E-state index in [1.54, 1.807) is 0 Å². The topological polar surface area (TPSA) is 46.2 Å². The van der Waals surface area contributed by atoms with Gasteiger partial charge in [0, 0.05) is 17.6 Å². The molecule has 0 spiro atoms. The third-order valence-corrected chi connectivity index (χ3v) is 17.0. The molecule has 0 aromatic carbocycles. The zero-order valence-corrected chi connectivity index (χ0v) is 38.4. The van der Waals surface area contributed by atoms with Crippen LogP contribution >= 0.6 is 0 Å². The number of rotatable bonds is 12. The van der Waals surface area contributed by atoms with E-state index < -0.39 is 41.6 Å². The second-order valence-electron chi connectivity index (χ2n) is 21.4. The van der Waals surface area contributed by atoms with Crippen LogP contribution in [0.5, 0.6) is 0 Å². The van der Waals surface area contributed by atoms with Crippen LogP contribution in [0, 0.1) is 34.5 Å². The molecule has 4 aliphatic rings. The van der Waals surface area contributed by atoms with Crippen molar-refractivity contribution in [1.29, 1.82) is 0 Å². The van der Waals surface area contributed by atoms with E-state index >= 15 is 0 Å². The Hall–Kier alpha value is 0.884. The third-order valence-electron chi connectivity index (χ3n) is 11.9. The molecule has 5 unspecified atom stereocenters. The van der Waals surface area contributed by atoms with Crippen molar-refractivity contribution in [3.8, 4) is 0 Å². The fourth-order valence-corrected chi connectivity index (χ4v) is 16.5. The van der Waals surface area contributed by atoms with Gasteiger partial charge in [0.05, 0.1) is 18.3 Å². The minimum absolute atomic E-state index is 0.0206. The number of hydrogen-bond acceptors (Lipinski definition) is 5. The van der Waals surface area contributed by atoms with E-state index in [0.717, 1.165) is 18.8 Å². The SMILES string of the molecule is C[C@]12CC[C@@H](O[Si](C)(C)C)CC1CCC1C2C(O[Si](C)(C)C)C[C@@]2(C)C1CC[C@]2(O[Si](C)(C)C)[C@H](CO[Si](C)(C)C)O[Si](C)(C)C. The van der Waals surface area contributed by atoms with Crippen LogP contribution in [-0.2, 0) is 22.1 Å². The molecule has 0 radical (unpaired) electrons. The van der Waals surface area contributed by atoms with Gasteiger partial charge >= 0.3 is 0 Å². The maximum absolute atomic E-state index is 7.70. The van der Waals surface area contributed by atoms with Gasteiger partial charge in [-0.2, -0.15) is 0 Å². The van der Waals surface area contributed by atoms with Gasteiger partial charge < -0.3 is 22.1 Å². The summed E-state index contributed by atoms with van der Waals surface area (Å²) in [4.78, 5) is 0. The smallest absolute Gasteiger partial charge is 0.184 e. The molecule has 0 saturated heterocycles. The second kappa shape index (κ2) is 13.1. The highest BCUT2D eigenvalue weighted by molar-refractivity contribution is 6.71. The van der Waals surface area contributed by atoms with Gasteiger partial charge in [-0.15, -0.1) is 0 Å². The minimum Gasteiger partial charge on any atom is -0.415 e. The summed E-state index contributed by atoms with van der Waals surface area (Å²) in [5.41, 5.74) is -0.0597. The van der Waals surface area contributed by atoms with Crippen molar-refractivity contribution in [3.05, 3.63) is 0 Å². The highest BCUT2D eigenvalue weighted by Gasteiger charge is 2.71. The molecule has 0 heterocycles. The Balaban J connectivity index is 1.80. The molecule has 0 aromatic rings. The van der Waals surface area contributed by atoms with Crippen LogP contribution in [0.1, 0.15) is 65.2 Å². The van der Waals surface area contributed by atoms with Gasteiger partial charge in [0.25, 0.3) is 0 Å². The van der Waals surface area contributed by atoms with E-state index in [2.05, 4.69) is 112 Å². The largest absolute Gasteiger partial charge is 0.415 e. The number of fused-ring (bicyclic) bond motifs is 5. The van der Waals surface area contributed by atoms with Crippen molar-refractivity contribution >= 4 is 41.6 Å². The Bertz CT molecular complexity index is 1060.